The molecule has 148 valence electrons. The third-order valence-electron chi connectivity index (χ3n) is 5.12. The highest BCUT2D eigenvalue weighted by Crippen LogP contribution is 2.37. The highest BCUT2D eigenvalue weighted by molar-refractivity contribution is 5.68. The number of anilines is 1. The van der Waals surface area contributed by atoms with Gasteiger partial charge < -0.3 is 14.7 Å². The number of halogens is 1. The molecule has 4 rings (SSSR count). The smallest absolute Gasteiger partial charge is 0.147 e. The highest BCUT2D eigenvalue weighted by Gasteiger charge is 2.39. The van der Waals surface area contributed by atoms with Gasteiger partial charge in [-0.3, -0.25) is 4.68 Å². The number of aromatic nitrogens is 3. The average Bonchev–Trinajstić information content (AvgIpc) is 3.09. The van der Waals surface area contributed by atoms with Crippen molar-refractivity contribution >= 4 is 5.69 Å². The van der Waals surface area contributed by atoms with Gasteiger partial charge in [-0.1, -0.05) is 12.1 Å². The Morgan fingerprint density at radius 1 is 1.22 bits per heavy atom. The molecule has 0 atom stereocenters. The first-order valence-corrected chi connectivity index (χ1v) is 9.52. The first-order valence-electron chi connectivity index (χ1n) is 9.52. The zero-order valence-electron chi connectivity index (χ0n) is 16.4. The van der Waals surface area contributed by atoms with Gasteiger partial charge >= 0.3 is 0 Å². The van der Waals surface area contributed by atoms with Crippen molar-refractivity contribution in [3.8, 4) is 11.3 Å². The summed E-state index contributed by atoms with van der Waals surface area (Å²) in [6.45, 7) is 7.41. The second kappa shape index (κ2) is 8.35. The van der Waals surface area contributed by atoms with E-state index in [1.165, 1.54) is 25.3 Å². The lowest BCUT2D eigenvalue weighted by Gasteiger charge is -2.48. The maximum absolute atomic E-state index is 14.4. The van der Waals surface area contributed by atoms with Gasteiger partial charge in [-0.15, -0.1) is 5.10 Å². The summed E-state index contributed by atoms with van der Waals surface area (Å²) >= 11 is 0. The Morgan fingerprint density at radius 2 is 1.93 bits per heavy atom. The van der Waals surface area contributed by atoms with Crippen molar-refractivity contribution < 1.29 is 14.2 Å². The number of aliphatic hydroxyl groups is 1. The molecule has 2 aliphatic rings. The normalized spacial score (nSPS) is 18.5. The number of benzene rings is 1. The highest BCUT2D eigenvalue weighted by atomic mass is 19.1. The number of nitrogens with zero attached hydrogens (tertiary/aromatic N) is 4. The van der Waals surface area contributed by atoms with Crippen LogP contribution < -0.4 is 4.90 Å². The van der Waals surface area contributed by atoms with E-state index in [0.29, 0.717) is 24.5 Å². The Balaban J connectivity index is 0.000000299. The van der Waals surface area contributed by atoms with E-state index in [0.717, 1.165) is 24.3 Å². The number of hydrogen-bond donors (Lipinski definition) is 1. The maximum Gasteiger partial charge on any atom is 0.147 e. The summed E-state index contributed by atoms with van der Waals surface area (Å²) in [5.41, 5.74) is 2.86. The lowest BCUT2D eigenvalue weighted by molar-refractivity contribution is 0.0968. The summed E-state index contributed by atoms with van der Waals surface area (Å²) in [4.78, 5) is 1.96. The molecule has 3 heterocycles. The van der Waals surface area contributed by atoms with Gasteiger partial charge in [-0.05, 0) is 43.9 Å². The number of rotatable bonds is 3. The average molecular weight is 376 g/mol. The van der Waals surface area contributed by atoms with Crippen LogP contribution in [0.4, 0.5) is 10.1 Å². The number of hydrogen-bond acceptors (Lipinski definition) is 5. The SMILES string of the molecule is C1CCOCC1.Cc1cc(N2CC(C)(CO)C2)c(F)cc1-c1cn(C)nn1. The monoisotopic (exact) mass is 376 g/mol. The van der Waals surface area contributed by atoms with E-state index >= 15 is 0 Å². The zero-order chi connectivity index (χ0) is 19.4. The molecule has 6 nitrogen and oxygen atoms in total. The van der Waals surface area contributed by atoms with E-state index in [9.17, 15) is 9.50 Å². The lowest BCUT2D eigenvalue weighted by atomic mass is 9.82. The molecular formula is C20H29FN4O2. The minimum absolute atomic E-state index is 0.121. The van der Waals surface area contributed by atoms with Gasteiger partial charge in [0.2, 0.25) is 0 Å². The van der Waals surface area contributed by atoms with Crippen LogP contribution in [0.25, 0.3) is 11.3 Å². The van der Waals surface area contributed by atoms with Crippen LogP contribution in [0.1, 0.15) is 31.7 Å². The Morgan fingerprint density at radius 3 is 2.41 bits per heavy atom. The molecule has 2 saturated heterocycles. The van der Waals surface area contributed by atoms with Gasteiger partial charge in [0.25, 0.3) is 0 Å². The van der Waals surface area contributed by atoms with Crippen LogP contribution in [0.2, 0.25) is 0 Å². The lowest BCUT2D eigenvalue weighted by Crippen LogP contribution is -2.57. The molecule has 0 unspecified atom stereocenters. The standard InChI is InChI=1S/C15H19FN4O.C5H10O/c1-10-4-14(20-7-15(2,8-20)9-21)12(16)5-11(10)13-6-19(3)18-17-13;1-2-4-6-5-3-1/h4-6,21H,7-9H2,1-3H3;1-5H2. The molecule has 0 radical (unpaired) electrons. The molecule has 2 aliphatic heterocycles. The predicted molar refractivity (Wildman–Crippen MR) is 103 cm³/mol. The van der Waals surface area contributed by atoms with Crippen LogP contribution in [0.3, 0.4) is 0 Å². The van der Waals surface area contributed by atoms with Crippen molar-refractivity contribution in [1.29, 1.82) is 0 Å². The summed E-state index contributed by atoms with van der Waals surface area (Å²) in [5.74, 6) is -0.263. The Bertz CT molecular complexity index is 756. The van der Waals surface area contributed by atoms with Crippen LogP contribution in [0, 0.1) is 18.2 Å². The van der Waals surface area contributed by atoms with E-state index in [4.69, 9.17) is 4.74 Å². The van der Waals surface area contributed by atoms with Crippen LogP contribution in [0.15, 0.2) is 18.3 Å². The van der Waals surface area contributed by atoms with Gasteiger partial charge in [0.05, 0.1) is 18.5 Å². The van der Waals surface area contributed by atoms with Crippen molar-refractivity contribution in [2.24, 2.45) is 12.5 Å². The molecule has 0 spiro atoms. The van der Waals surface area contributed by atoms with Gasteiger partial charge in [0.15, 0.2) is 0 Å². The van der Waals surface area contributed by atoms with E-state index < -0.39 is 0 Å². The predicted octanol–water partition coefficient (Wildman–Crippen LogP) is 2.94. The fourth-order valence-electron chi connectivity index (χ4n) is 3.49. The Hall–Kier alpha value is -1.99. The molecule has 0 amide bonds. The third-order valence-corrected chi connectivity index (χ3v) is 5.12. The number of aryl methyl sites for hydroxylation is 2. The van der Waals surface area contributed by atoms with Gasteiger partial charge in [-0.25, -0.2) is 4.39 Å². The molecule has 7 heteroatoms. The zero-order valence-corrected chi connectivity index (χ0v) is 16.4. The van der Waals surface area contributed by atoms with Crippen molar-refractivity contribution in [3.63, 3.8) is 0 Å². The molecule has 1 aromatic carbocycles. The summed E-state index contributed by atoms with van der Waals surface area (Å²) in [6, 6.07) is 3.36. The Kier molecular flexibility index (Phi) is 6.11. The number of ether oxygens (including phenoxy) is 1. The summed E-state index contributed by atoms with van der Waals surface area (Å²) in [5, 5.41) is 17.2. The molecule has 1 aromatic heterocycles. The first-order chi connectivity index (χ1) is 12.9. The topological polar surface area (TPSA) is 63.4 Å². The second-order valence-electron chi connectivity index (χ2n) is 7.89. The van der Waals surface area contributed by atoms with Gasteiger partial charge in [0.1, 0.15) is 11.5 Å². The van der Waals surface area contributed by atoms with Crippen molar-refractivity contribution in [2.75, 3.05) is 37.8 Å². The minimum Gasteiger partial charge on any atom is -0.396 e. The van der Waals surface area contributed by atoms with E-state index in [1.54, 1.807) is 17.9 Å². The van der Waals surface area contributed by atoms with Gasteiger partial charge in [0, 0.05) is 44.3 Å². The minimum atomic E-state index is -0.263. The Labute approximate surface area is 159 Å². The second-order valence-corrected chi connectivity index (χ2v) is 7.89. The molecule has 0 bridgehead atoms. The quantitative estimate of drug-likeness (QED) is 0.892. The molecule has 0 aliphatic carbocycles. The van der Waals surface area contributed by atoms with Crippen molar-refractivity contribution in [1.82, 2.24) is 15.0 Å². The summed E-state index contributed by atoms with van der Waals surface area (Å²) in [7, 11) is 1.78. The number of aliphatic hydroxyl groups excluding tert-OH is 1. The van der Waals surface area contributed by atoms with Crippen LogP contribution in [-0.4, -0.2) is 53.0 Å². The van der Waals surface area contributed by atoms with Crippen molar-refractivity contribution in [2.45, 2.75) is 33.1 Å². The molecule has 2 aromatic rings. The van der Waals surface area contributed by atoms with E-state index in [1.807, 2.05) is 24.8 Å². The fourth-order valence-corrected chi connectivity index (χ4v) is 3.49. The van der Waals surface area contributed by atoms with Crippen LogP contribution in [0.5, 0.6) is 0 Å². The largest absolute Gasteiger partial charge is 0.396 e. The summed E-state index contributed by atoms with van der Waals surface area (Å²) in [6.07, 6.45) is 5.70. The molecule has 27 heavy (non-hydrogen) atoms. The molecule has 2 fully saturated rings. The molecule has 1 N–H and O–H groups in total. The van der Waals surface area contributed by atoms with Crippen molar-refractivity contribution in [3.05, 3.63) is 29.7 Å². The maximum atomic E-state index is 14.4. The van der Waals surface area contributed by atoms with Gasteiger partial charge in [-0.2, -0.15) is 0 Å². The molecular weight excluding hydrogens is 347 g/mol. The first kappa shape index (κ1) is 19.8. The molecule has 0 saturated carbocycles. The van der Waals surface area contributed by atoms with E-state index in [2.05, 4.69) is 10.3 Å². The van der Waals surface area contributed by atoms with Crippen LogP contribution >= 0.6 is 0 Å². The summed E-state index contributed by atoms with van der Waals surface area (Å²) < 4.78 is 21.1. The van der Waals surface area contributed by atoms with E-state index in [-0.39, 0.29) is 17.8 Å². The van der Waals surface area contributed by atoms with Crippen LogP contribution in [-0.2, 0) is 11.8 Å². The fraction of sp³-hybridized carbons (Fsp3) is 0.600. The third kappa shape index (κ3) is 4.65.